The fourth-order valence-corrected chi connectivity index (χ4v) is 4.83. The summed E-state index contributed by atoms with van der Waals surface area (Å²) < 4.78 is 33.4. The maximum atomic E-state index is 12.9. The number of aromatic nitrogens is 4. The van der Waals surface area contributed by atoms with Gasteiger partial charge in [-0.25, -0.2) is 18.4 Å². The van der Waals surface area contributed by atoms with E-state index in [4.69, 9.17) is 15.5 Å². The number of nitrogens with zero attached hydrogens (tertiary/aromatic N) is 4. The first-order chi connectivity index (χ1) is 15.9. The van der Waals surface area contributed by atoms with E-state index in [-0.39, 0.29) is 10.5 Å². The van der Waals surface area contributed by atoms with Crippen molar-refractivity contribution >= 4 is 32.6 Å². The summed E-state index contributed by atoms with van der Waals surface area (Å²) in [5.74, 6) is 1.57. The molecule has 0 atom stereocenters. The van der Waals surface area contributed by atoms with Gasteiger partial charge in [0.25, 0.3) is 10.0 Å². The van der Waals surface area contributed by atoms with E-state index in [1.807, 2.05) is 6.07 Å². The number of anilines is 2. The van der Waals surface area contributed by atoms with Crippen molar-refractivity contribution in [1.82, 2.24) is 20.2 Å². The standard InChI is InChI=1S/C22H19N7O3S/c1-32-16-9-6-14(11-23)17(10-16)33(30,31)29-15-7-4-13(5-8-15)21-25-19(12-2-3-12)18-20(24)27-28-22(18)26-21/h4-10,12,29H,2-3H2,1H3,(H3,24,25,26,27,28). The van der Waals surface area contributed by atoms with Crippen LogP contribution >= 0.6 is 0 Å². The summed E-state index contributed by atoms with van der Waals surface area (Å²) in [6.45, 7) is 0. The molecule has 4 aromatic rings. The lowest BCUT2D eigenvalue weighted by Crippen LogP contribution is -2.14. The third kappa shape index (κ3) is 3.81. The lowest BCUT2D eigenvalue weighted by Gasteiger charge is -2.11. The van der Waals surface area contributed by atoms with Crippen LogP contribution in [0.4, 0.5) is 11.5 Å². The van der Waals surface area contributed by atoms with Gasteiger partial charge in [-0.1, -0.05) is 0 Å². The van der Waals surface area contributed by atoms with Gasteiger partial charge in [-0.15, -0.1) is 0 Å². The smallest absolute Gasteiger partial charge is 0.263 e. The van der Waals surface area contributed by atoms with Crippen LogP contribution in [-0.2, 0) is 10.0 Å². The summed E-state index contributed by atoms with van der Waals surface area (Å²) >= 11 is 0. The molecule has 2 aromatic heterocycles. The first-order valence-electron chi connectivity index (χ1n) is 10.1. The molecule has 2 aromatic carbocycles. The zero-order valence-corrected chi connectivity index (χ0v) is 18.3. The molecule has 5 rings (SSSR count). The molecule has 0 bridgehead atoms. The van der Waals surface area contributed by atoms with Gasteiger partial charge in [0.05, 0.1) is 23.8 Å². The van der Waals surface area contributed by atoms with Gasteiger partial charge in [0, 0.05) is 23.2 Å². The summed E-state index contributed by atoms with van der Waals surface area (Å²) in [5, 5.41) is 17.0. The highest BCUT2D eigenvalue weighted by molar-refractivity contribution is 7.92. The van der Waals surface area contributed by atoms with Gasteiger partial charge >= 0.3 is 0 Å². The predicted octanol–water partition coefficient (Wildman–Crippen LogP) is 3.16. The van der Waals surface area contributed by atoms with Crippen molar-refractivity contribution in [1.29, 1.82) is 5.26 Å². The number of nitriles is 1. The SMILES string of the molecule is COc1ccc(C#N)c(S(=O)(=O)Nc2ccc(-c3nc(C4CC4)c4c(N)n[nH]c4n3)cc2)c1. The molecule has 33 heavy (non-hydrogen) atoms. The lowest BCUT2D eigenvalue weighted by molar-refractivity contribution is 0.413. The van der Waals surface area contributed by atoms with E-state index in [9.17, 15) is 13.7 Å². The Hall–Kier alpha value is -4.17. The van der Waals surface area contributed by atoms with Crippen LogP contribution in [0.2, 0.25) is 0 Å². The summed E-state index contributed by atoms with van der Waals surface area (Å²) in [4.78, 5) is 9.09. The largest absolute Gasteiger partial charge is 0.497 e. The van der Waals surface area contributed by atoms with Crippen molar-refractivity contribution in [2.75, 3.05) is 17.6 Å². The number of nitrogen functional groups attached to an aromatic ring is 1. The number of H-pyrrole nitrogens is 1. The molecular formula is C22H19N7O3S. The molecule has 1 fully saturated rings. The maximum absolute atomic E-state index is 12.9. The minimum absolute atomic E-state index is 0.0214. The molecule has 1 aliphatic rings. The summed E-state index contributed by atoms with van der Waals surface area (Å²) in [5.41, 5.74) is 8.51. The summed E-state index contributed by atoms with van der Waals surface area (Å²) in [6.07, 6.45) is 2.09. The molecule has 0 unspecified atom stereocenters. The number of ether oxygens (including phenoxy) is 1. The molecule has 0 saturated heterocycles. The number of sulfonamides is 1. The minimum Gasteiger partial charge on any atom is -0.497 e. The van der Waals surface area contributed by atoms with Crippen molar-refractivity contribution in [3.05, 3.63) is 53.7 Å². The van der Waals surface area contributed by atoms with E-state index in [1.54, 1.807) is 24.3 Å². The number of rotatable bonds is 6. The fourth-order valence-electron chi connectivity index (χ4n) is 3.60. The van der Waals surface area contributed by atoms with Gasteiger partial charge in [-0.3, -0.25) is 9.82 Å². The number of nitrogens with one attached hydrogen (secondary N) is 2. The highest BCUT2D eigenvalue weighted by Gasteiger charge is 2.30. The van der Waals surface area contributed by atoms with Crippen LogP contribution in [0.15, 0.2) is 47.4 Å². The monoisotopic (exact) mass is 461 g/mol. The predicted molar refractivity (Wildman–Crippen MR) is 122 cm³/mol. The molecule has 1 saturated carbocycles. The quantitative estimate of drug-likeness (QED) is 0.395. The average Bonchev–Trinajstić information content (AvgIpc) is 3.61. The van der Waals surface area contributed by atoms with Gasteiger partial charge in [0.2, 0.25) is 0 Å². The molecule has 11 heteroatoms. The average molecular weight is 462 g/mol. The van der Waals surface area contributed by atoms with E-state index in [0.29, 0.717) is 40.2 Å². The van der Waals surface area contributed by atoms with Crippen LogP contribution in [0.5, 0.6) is 5.75 Å². The van der Waals surface area contributed by atoms with E-state index in [2.05, 4.69) is 19.9 Å². The molecule has 1 aliphatic carbocycles. The van der Waals surface area contributed by atoms with E-state index in [0.717, 1.165) is 23.9 Å². The Balaban J connectivity index is 1.46. The van der Waals surface area contributed by atoms with E-state index >= 15 is 0 Å². The number of nitrogens with two attached hydrogens (primary N) is 1. The topological polar surface area (TPSA) is 160 Å². The third-order valence-corrected chi connectivity index (χ3v) is 6.85. The molecule has 166 valence electrons. The Bertz CT molecular complexity index is 1520. The van der Waals surface area contributed by atoms with Crippen LogP contribution in [0.1, 0.15) is 30.0 Å². The van der Waals surface area contributed by atoms with Gasteiger partial charge in [-0.2, -0.15) is 10.4 Å². The van der Waals surface area contributed by atoms with Gasteiger partial charge in [-0.05, 0) is 49.2 Å². The maximum Gasteiger partial charge on any atom is 0.263 e. The molecule has 10 nitrogen and oxygen atoms in total. The first-order valence-corrected chi connectivity index (χ1v) is 11.6. The second kappa shape index (κ2) is 7.75. The Morgan fingerprint density at radius 2 is 1.94 bits per heavy atom. The van der Waals surface area contributed by atoms with Gasteiger partial charge in [0.15, 0.2) is 17.3 Å². The number of fused-ring (bicyclic) bond motifs is 1. The second-order valence-electron chi connectivity index (χ2n) is 7.70. The number of benzene rings is 2. The van der Waals surface area contributed by atoms with Crippen LogP contribution < -0.4 is 15.2 Å². The van der Waals surface area contributed by atoms with Crippen LogP contribution in [0.3, 0.4) is 0 Å². The lowest BCUT2D eigenvalue weighted by atomic mass is 10.1. The van der Waals surface area contributed by atoms with E-state index < -0.39 is 10.0 Å². The first kappa shape index (κ1) is 20.7. The van der Waals surface area contributed by atoms with E-state index in [1.165, 1.54) is 25.3 Å². The number of hydrogen-bond acceptors (Lipinski definition) is 8. The Morgan fingerprint density at radius 1 is 1.18 bits per heavy atom. The van der Waals surface area contributed by atoms with Gasteiger partial charge in [0.1, 0.15) is 16.7 Å². The van der Waals surface area contributed by atoms with Crippen LogP contribution in [-0.4, -0.2) is 35.7 Å². The highest BCUT2D eigenvalue weighted by atomic mass is 32.2. The Labute approximate surface area is 189 Å². The van der Waals surface area contributed by atoms with Crippen LogP contribution in [0, 0.1) is 11.3 Å². The molecule has 0 aliphatic heterocycles. The molecule has 0 radical (unpaired) electrons. The second-order valence-corrected chi connectivity index (χ2v) is 9.35. The number of hydrogen-bond donors (Lipinski definition) is 3. The summed E-state index contributed by atoms with van der Waals surface area (Å²) in [6, 6.07) is 12.8. The Morgan fingerprint density at radius 3 is 2.61 bits per heavy atom. The molecule has 4 N–H and O–H groups in total. The third-order valence-electron chi connectivity index (χ3n) is 5.43. The highest BCUT2D eigenvalue weighted by Crippen LogP contribution is 2.43. The molecular weight excluding hydrogens is 442 g/mol. The zero-order chi connectivity index (χ0) is 23.2. The van der Waals surface area contributed by atoms with Crippen molar-refractivity contribution in [3.63, 3.8) is 0 Å². The van der Waals surface area contributed by atoms with Crippen molar-refractivity contribution in [3.8, 4) is 23.2 Å². The fraction of sp³-hybridized carbons (Fsp3) is 0.182. The number of methoxy groups -OCH3 is 1. The van der Waals surface area contributed by atoms with Gasteiger partial charge < -0.3 is 10.5 Å². The summed E-state index contributed by atoms with van der Waals surface area (Å²) in [7, 11) is -2.59. The minimum atomic E-state index is -4.01. The Kier molecular flexibility index (Phi) is 4.87. The van der Waals surface area contributed by atoms with Crippen LogP contribution in [0.25, 0.3) is 22.4 Å². The molecule has 0 spiro atoms. The zero-order valence-electron chi connectivity index (χ0n) is 17.5. The van der Waals surface area contributed by atoms with Crippen molar-refractivity contribution < 1.29 is 13.2 Å². The normalized spacial score (nSPS) is 13.6. The molecule has 0 amide bonds. The molecule has 2 heterocycles. The van der Waals surface area contributed by atoms with Crippen molar-refractivity contribution in [2.45, 2.75) is 23.7 Å². The number of aromatic amines is 1. The van der Waals surface area contributed by atoms with Crippen molar-refractivity contribution in [2.24, 2.45) is 0 Å².